The zero-order valence-electron chi connectivity index (χ0n) is 10.3. The second kappa shape index (κ2) is 7.39. The number of carbonyl (C=O) groups is 2. The molecule has 3 N–H and O–H groups in total. The summed E-state index contributed by atoms with van der Waals surface area (Å²) in [7, 11) is 0. The van der Waals surface area contributed by atoms with Crippen LogP contribution in [0.25, 0.3) is 0 Å². The maximum atomic E-state index is 11.3. The van der Waals surface area contributed by atoms with E-state index < -0.39 is 5.97 Å². The monoisotopic (exact) mass is 251 g/mol. The van der Waals surface area contributed by atoms with Crippen molar-refractivity contribution in [2.45, 2.75) is 19.9 Å². The number of rotatable bonds is 7. The second-order valence-corrected chi connectivity index (χ2v) is 3.80. The van der Waals surface area contributed by atoms with Crippen LogP contribution in [0, 0.1) is 0 Å². The third kappa shape index (κ3) is 4.92. The number of carboxylic acids is 1. The van der Waals surface area contributed by atoms with Gasteiger partial charge in [0.1, 0.15) is 0 Å². The normalized spacial score (nSPS) is 10.1. The minimum atomic E-state index is -0.999. The Morgan fingerprint density at radius 3 is 2.72 bits per heavy atom. The fourth-order valence-electron chi connectivity index (χ4n) is 1.29. The van der Waals surface area contributed by atoms with Crippen LogP contribution in [-0.4, -0.2) is 35.1 Å². The molecule has 1 amide bonds. The Morgan fingerprint density at radius 1 is 1.39 bits per heavy atom. The summed E-state index contributed by atoms with van der Waals surface area (Å²) in [6.45, 7) is 3.31. The highest BCUT2D eigenvalue weighted by Gasteiger charge is 2.03. The molecule has 1 heterocycles. The van der Waals surface area contributed by atoms with Crippen LogP contribution in [-0.2, 0) is 11.3 Å². The van der Waals surface area contributed by atoms with Gasteiger partial charge in [0.2, 0.25) is 5.91 Å². The fraction of sp³-hybridized carbons (Fsp3) is 0.417. The van der Waals surface area contributed by atoms with Crippen LogP contribution in [0.2, 0.25) is 0 Å². The van der Waals surface area contributed by atoms with Crippen molar-refractivity contribution >= 4 is 11.9 Å². The lowest BCUT2D eigenvalue weighted by Crippen LogP contribution is -2.34. The molecule has 1 rings (SSSR count). The summed E-state index contributed by atoms with van der Waals surface area (Å²) in [4.78, 5) is 25.9. The maximum absolute atomic E-state index is 11.3. The van der Waals surface area contributed by atoms with Crippen molar-refractivity contribution in [2.75, 3.05) is 13.1 Å². The van der Waals surface area contributed by atoms with Crippen molar-refractivity contribution in [2.24, 2.45) is 0 Å². The predicted molar refractivity (Wildman–Crippen MR) is 66.2 cm³/mol. The van der Waals surface area contributed by atoms with Gasteiger partial charge in [-0.3, -0.25) is 9.78 Å². The van der Waals surface area contributed by atoms with E-state index in [2.05, 4.69) is 15.6 Å². The van der Waals surface area contributed by atoms with E-state index in [1.54, 1.807) is 6.07 Å². The van der Waals surface area contributed by atoms with Crippen LogP contribution in [0.1, 0.15) is 29.4 Å². The molecule has 0 aromatic carbocycles. The summed E-state index contributed by atoms with van der Waals surface area (Å²) in [5.41, 5.74) is 0.850. The molecule has 0 atom stereocenters. The second-order valence-electron chi connectivity index (χ2n) is 3.80. The quantitative estimate of drug-likeness (QED) is 0.652. The summed E-state index contributed by atoms with van der Waals surface area (Å²) >= 11 is 0. The number of nitrogens with one attached hydrogen (secondary N) is 2. The number of amides is 1. The summed E-state index contributed by atoms with van der Waals surface area (Å²) in [5, 5.41) is 14.4. The molecule has 0 radical (unpaired) electrons. The van der Waals surface area contributed by atoms with E-state index in [1.165, 1.54) is 12.3 Å². The Labute approximate surface area is 105 Å². The average molecular weight is 251 g/mol. The van der Waals surface area contributed by atoms with Crippen molar-refractivity contribution in [3.8, 4) is 0 Å². The van der Waals surface area contributed by atoms with Crippen LogP contribution in [0.5, 0.6) is 0 Å². The lowest BCUT2D eigenvalue weighted by Gasteiger charge is -2.05. The number of hydrogen-bond donors (Lipinski definition) is 3. The van der Waals surface area contributed by atoms with Gasteiger partial charge in [-0.25, -0.2) is 4.79 Å². The summed E-state index contributed by atoms with van der Waals surface area (Å²) in [6, 6.07) is 3.11. The molecule has 0 aliphatic carbocycles. The molecule has 0 unspecified atom stereocenters. The van der Waals surface area contributed by atoms with Gasteiger partial charge in [0.05, 0.1) is 17.8 Å². The first-order chi connectivity index (χ1) is 8.63. The van der Waals surface area contributed by atoms with E-state index in [-0.39, 0.29) is 18.0 Å². The molecule has 1 aromatic heterocycles. The Bertz CT molecular complexity index is 404. The fourth-order valence-corrected chi connectivity index (χ4v) is 1.29. The Balaban J connectivity index is 2.31. The van der Waals surface area contributed by atoms with Gasteiger partial charge in [-0.2, -0.15) is 0 Å². The van der Waals surface area contributed by atoms with Gasteiger partial charge in [0.15, 0.2) is 0 Å². The number of pyridine rings is 1. The molecule has 0 aliphatic rings. The van der Waals surface area contributed by atoms with E-state index in [9.17, 15) is 9.59 Å². The van der Waals surface area contributed by atoms with E-state index in [0.717, 1.165) is 6.42 Å². The zero-order valence-corrected chi connectivity index (χ0v) is 10.3. The van der Waals surface area contributed by atoms with Gasteiger partial charge >= 0.3 is 5.97 Å². The van der Waals surface area contributed by atoms with Gasteiger partial charge in [0, 0.05) is 19.3 Å². The Hall–Kier alpha value is -1.95. The first kappa shape index (κ1) is 14.1. The molecule has 0 bridgehead atoms. The molecule has 6 nitrogen and oxygen atoms in total. The van der Waals surface area contributed by atoms with Crippen molar-refractivity contribution in [1.82, 2.24) is 15.6 Å². The van der Waals surface area contributed by atoms with E-state index in [0.29, 0.717) is 18.8 Å². The minimum Gasteiger partial charge on any atom is -0.478 e. The summed E-state index contributed by atoms with van der Waals surface area (Å²) in [6.07, 6.45) is 2.21. The molecular formula is C12H17N3O3. The third-order valence-electron chi connectivity index (χ3n) is 2.24. The lowest BCUT2D eigenvalue weighted by molar-refractivity contribution is -0.120. The van der Waals surface area contributed by atoms with Crippen LogP contribution < -0.4 is 10.6 Å². The molecule has 0 spiro atoms. The topological polar surface area (TPSA) is 91.3 Å². The van der Waals surface area contributed by atoms with Crippen LogP contribution in [0.4, 0.5) is 0 Å². The van der Waals surface area contributed by atoms with Gasteiger partial charge in [0.25, 0.3) is 0 Å². The molecular weight excluding hydrogens is 234 g/mol. The number of carboxylic acid groups (broad SMARTS) is 1. The molecule has 0 saturated carbocycles. The number of aromatic nitrogens is 1. The number of hydrogen-bond acceptors (Lipinski definition) is 4. The Kier molecular flexibility index (Phi) is 5.79. The molecule has 0 saturated heterocycles. The molecule has 1 aromatic rings. The van der Waals surface area contributed by atoms with Crippen molar-refractivity contribution < 1.29 is 14.7 Å². The van der Waals surface area contributed by atoms with Crippen LogP contribution >= 0.6 is 0 Å². The number of carbonyl (C=O) groups excluding carboxylic acids is 1. The number of nitrogens with zero attached hydrogens (tertiary/aromatic N) is 1. The van der Waals surface area contributed by atoms with Gasteiger partial charge in [-0.05, 0) is 18.6 Å². The predicted octanol–water partition coefficient (Wildman–Crippen LogP) is 0.396. The van der Waals surface area contributed by atoms with Gasteiger partial charge < -0.3 is 15.7 Å². The first-order valence-corrected chi connectivity index (χ1v) is 5.79. The maximum Gasteiger partial charge on any atom is 0.337 e. The van der Waals surface area contributed by atoms with Gasteiger partial charge in [-0.1, -0.05) is 6.92 Å². The average Bonchev–Trinajstić information content (AvgIpc) is 2.37. The van der Waals surface area contributed by atoms with Crippen molar-refractivity contribution in [3.63, 3.8) is 0 Å². The van der Waals surface area contributed by atoms with Crippen LogP contribution in [0.15, 0.2) is 18.3 Å². The van der Waals surface area contributed by atoms with E-state index in [4.69, 9.17) is 5.11 Å². The first-order valence-electron chi connectivity index (χ1n) is 5.79. The summed E-state index contributed by atoms with van der Waals surface area (Å²) < 4.78 is 0. The SMILES string of the molecule is CCCNC(=O)CNCc1ccc(C(=O)O)cn1. The number of aromatic carboxylic acids is 1. The molecule has 98 valence electrons. The van der Waals surface area contributed by atoms with E-state index in [1.807, 2.05) is 6.92 Å². The van der Waals surface area contributed by atoms with E-state index >= 15 is 0 Å². The molecule has 0 aliphatic heterocycles. The highest BCUT2D eigenvalue weighted by atomic mass is 16.4. The van der Waals surface area contributed by atoms with Crippen LogP contribution in [0.3, 0.4) is 0 Å². The summed E-state index contributed by atoms with van der Waals surface area (Å²) in [5.74, 6) is -1.06. The zero-order chi connectivity index (χ0) is 13.4. The minimum absolute atomic E-state index is 0.0565. The van der Waals surface area contributed by atoms with Crippen molar-refractivity contribution in [1.29, 1.82) is 0 Å². The molecule has 18 heavy (non-hydrogen) atoms. The van der Waals surface area contributed by atoms with Crippen molar-refractivity contribution in [3.05, 3.63) is 29.6 Å². The lowest BCUT2D eigenvalue weighted by atomic mass is 10.2. The Morgan fingerprint density at radius 2 is 2.17 bits per heavy atom. The standard InChI is InChI=1S/C12H17N3O3/c1-2-5-14-11(16)8-13-7-10-4-3-9(6-15-10)12(17)18/h3-4,6,13H,2,5,7-8H2,1H3,(H,14,16)(H,17,18). The third-order valence-corrected chi connectivity index (χ3v) is 2.24. The molecule has 0 fully saturated rings. The highest BCUT2D eigenvalue weighted by Crippen LogP contribution is 1.99. The molecule has 6 heteroatoms. The largest absolute Gasteiger partial charge is 0.478 e. The smallest absolute Gasteiger partial charge is 0.337 e. The van der Waals surface area contributed by atoms with Gasteiger partial charge in [-0.15, -0.1) is 0 Å². The highest BCUT2D eigenvalue weighted by molar-refractivity contribution is 5.87.